The van der Waals surface area contributed by atoms with Crippen LogP contribution in [0.15, 0.2) is 6.20 Å². The van der Waals surface area contributed by atoms with Crippen LogP contribution in [0.2, 0.25) is 0 Å². The first kappa shape index (κ1) is 13.0. The van der Waals surface area contributed by atoms with E-state index in [0.717, 1.165) is 32.6 Å². The summed E-state index contributed by atoms with van der Waals surface area (Å²) in [5.41, 5.74) is 0. The highest BCUT2D eigenvalue weighted by Gasteiger charge is 2.16. The third-order valence-corrected chi connectivity index (χ3v) is 2.86. The summed E-state index contributed by atoms with van der Waals surface area (Å²) in [4.78, 5) is 8.02. The van der Waals surface area contributed by atoms with Gasteiger partial charge in [0.15, 0.2) is 11.6 Å². The summed E-state index contributed by atoms with van der Waals surface area (Å²) in [5, 5.41) is 6.06. The Kier molecular flexibility index (Phi) is 4.69. The smallest absolute Gasteiger partial charge is 0.224 e. The molecule has 0 radical (unpaired) electrons. The number of aromatic nitrogens is 2. The normalized spacial score (nSPS) is 18.9. The van der Waals surface area contributed by atoms with E-state index in [2.05, 4.69) is 27.5 Å². The number of anilines is 2. The Morgan fingerprint density at radius 1 is 1.50 bits per heavy atom. The van der Waals surface area contributed by atoms with E-state index in [4.69, 9.17) is 4.74 Å². The minimum absolute atomic E-state index is 0.260. The summed E-state index contributed by atoms with van der Waals surface area (Å²) in [7, 11) is 0. The van der Waals surface area contributed by atoms with Crippen molar-refractivity contribution in [3.8, 4) is 0 Å². The topological polar surface area (TPSA) is 59.1 Å². The van der Waals surface area contributed by atoms with Gasteiger partial charge in [-0.1, -0.05) is 6.92 Å². The molecule has 0 bridgehead atoms. The van der Waals surface area contributed by atoms with Gasteiger partial charge in [0.05, 0.1) is 12.8 Å². The molecule has 1 aromatic rings. The molecule has 0 spiro atoms. The largest absolute Gasteiger partial charge is 0.381 e. The highest BCUT2D eigenvalue weighted by atomic mass is 19.1. The molecule has 5 nitrogen and oxygen atoms in total. The van der Waals surface area contributed by atoms with E-state index in [0.29, 0.717) is 18.4 Å². The van der Waals surface area contributed by atoms with Crippen molar-refractivity contribution < 1.29 is 9.13 Å². The molecule has 1 atom stereocenters. The molecule has 0 aliphatic carbocycles. The Morgan fingerprint density at radius 3 is 3.11 bits per heavy atom. The maximum absolute atomic E-state index is 13.5. The van der Waals surface area contributed by atoms with Crippen LogP contribution in [0.3, 0.4) is 0 Å². The van der Waals surface area contributed by atoms with Crippen LogP contribution in [0.4, 0.5) is 16.2 Å². The predicted molar refractivity (Wildman–Crippen MR) is 68.2 cm³/mol. The number of halogens is 1. The lowest BCUT2D eigenvalue weighted by atomic mass is 10.1. The maximum atomic E-state index is 13.5. The van der Waals surface area contributed by atoms with Crippen molar-refractivity contribution in [2.45, 2.75) is 19.8 Å². The van der Waals surface area contributed by atoms with Crippen LogP contribution in [-0.4, -0.2) is 36.3 Å². The first-order valence-corrected chi connectivity index (χ1v) is 6.37. The minimum Gasteiger partial charge on any atom is -0.381 e. The second-order valence-electron chi connectivity index (χ2n) is 4.43. The zero-order valence-electron chi connectivity index (χ0n) is 10.6. The number of ether oxygens (including phenoxy) is 1. The summed E-state index contributed by atoms with van der Waals surface area (Å²) < 4.78 is 18.8. The summed E-state index contributed by atoms with van der Waals surface area (Å²) in [6, 6.07) is 0. The molecule has 1 unspecified atom stereocenters. The van der Waals surface area contributed by atoms with Crippen LogP contribution < -0.4 is 10.6 Å². The molecule has 100 valence electrons. The van der Waals surface area contributed by atoms with E-state index in [1.54, 1.807) is 0 Å². The first-order valence-electron chi connectivity index (χ1n) is 6.37. The zero-order valence-corrected chi connectivity index (χ0v) is 10.6. The highest BCUT2D eigenvalue weighted by Crippen LogP contribution is 2.16. The third-order valence-electron chi connectivity index (χ3n) is 2.86. The third kappa shape index (κ3) is 3.53. The van der Waals surface area contributed by atoms with E-state index >= 15 is 0 Å². The summed E-state index contributed by atoms with van der Waals surface area (Å²) in [5.74, 6) is 0.737. The van der Waals surface area contributed by atoms with Crippen molar-refractivity contribution in [2.75, 3.05) is 36.9 Å². The van der Waals surface area contributed by atoms with Gasteiger partial charge in [-0.25, -0.2) is 9.37 Å². The van der Waals surface area contributed by atoms with Crippen molar-refractivity contribution in [3.05, 3.63) is 12.0 Å². The summed E-state index contributed by atoms with van der Waals surface area (Å²) >= 11 is 0. The maximum Gasteiger partial charge on any atom is 0.224 e. The van der Waals surface area contributed by atoms with Crippen LogP contribution in [0.5, 0.6) is 0 Å². The lowest BCUT2D eigenvalue weighted by Gasteiger charge is -2.11. The fourth-order valence-electron chi connectivity index (χ4n) is 1.80. The molecule has 0 aromatic carbocycles. The minimum atomic E-state index is -0.420. The first-order chi connectivity index (χ1) is 8.79. The lowest BCUT2D eigenvalue weighted by Crippen LogP contribution is -2.16. The quantitative estimate of drug-likeness (QED) is 0.811. The van der Waals surface area contributed by atoms with Gasteiger partial charge in [-0.3, -0.25) is 0 Å². The van der Waals surface area contributed by atoms with Crippen molar-refractivity contribution >= 4 is 11.8 Å². The van der Waals surface area contributed by atoms with Crippen molar-refractivity contribution in [1.82, 2.24) is 9.97 Å². The molecule has 1 aliphatic rings. The molecule has 2 heterocycles. The SMILES string of the molecule is CCCNc1ncc(F)c(NCC2CCOC2)n1. The average molecular weight is 254 g/mol. The van der Waals surface area contributed by atoms with E-state index in [1.807, 2.05) is 0 Å². The second-order valence-corrected chi connectivity index (χ2v) is 4.43. The fourth-order valence-corrected chi connectivity index (χ4v) is 1.80. The van der Waals surface area contributed by atoms with E-state index < -0.39 is 5.82 Å². The van der Waals surface area contributed by atoms with Crippen LogP contribution in [0.25, 0.3) is 0 Å². The van der Waals surface area contributed by atoms with Crippen molar-refractivity contribution in [3.63, 3.8) is 0 Å². The van der Waals surface area contributed by atoms with Crippen LogP contribution in [0, 0.1) is 11.7 Å². The van der Waals surface area contributed by atoms with Gasteiger partial charge in [-0.05, 0) is 12.8 Å². The number of nitrogens with one attached hydrogen (secondary N) is 2. The Labute approximate surface area is 106 Å². The van der Waals surface area contributed by atoms with Gasteiger partial charge < -0.3 is 15.4 Å². The molecule has 1 fully saturated rings. The van der Waals surface area contributed by atoms with Crippen LogP contribution in [0.1, 0.15) is 19.8 Å². The van der Waals surface area contributed by atoms with E-state index in [-0.39, 0.29) is 5.82 Å². The molecular weight excluding hydrogens is 235 g/mol. The Balaban J connectivity index is 1.92. The Hall–Kier alpha value is -1.43. The van der Waals surface area contributed by atoms with E-state index in [1.165, 1.54) is 6.20 Å². The molecule has 2 N–H and O–H groups in total. The molecule has 18 heavy (non-hydrogen) atoms. The molecule has 2 rings (SSSR count). The van der Waals surface area contributed by atoms with Gasteiger partial charge in [0.25, 0.3) is 0 Å². The highest BCUT2D eigenvalue weighted by molar-refractivity contribution is 5.41. The lowest BCUT2D eigenvalue weighted by molar-refractivity contribution is 0.187. The number of hydrogen-bond acceptors (Lipinski definition) is 5. The molecule has 0 saturated carbocycles. The standard InChI is InChI=1S/C12H19FN4O/c1-2-4-14-12-16-7-10(13)11(17-12)15-6-9-3-5-18-8-9/h7,9H,2-6,8H2,1H3,(H2,14,15,16,17). The zero-order chi connectivity index (χ0) is 12.8. The molecule has 0 amide bonds. The fraction of sp³-hybridized carbons (Fsp3) is 0.667. The monoisotopic (exact) mass is 254 g/mol. The summed E-state index contributed by atoms with van der Waals surface area (Å²) in [6.07, 6.45) is 3.18. The molecule has 1 aliphatic heterocycles. The van der Waals surface area contributed by atoms with E-state index in [9.17, 15) is 4.39 Å². The predicted octanol–water partition coefficient (Wildman–Crippen LogP) is 1.89. The van der Waals surface area contributed by atoms with Crippen molar-refractivity contribution in [2.24, 2.45) is 5.92 Å². The average Bonchev–Trinajstić information content (AvgIpc) is 2.89. The molecule has 6 heteroatoms. The van der Waals surface area contributed by atoms with Gasteiger partial charge in [-0.15, -0.1) is 0 Å². The second kappa shape index (κ2) is 6.49. The van der Waals surface area contributed by atoms with Crippen LogP contribution in [-0.2, 0) is 4.74 Å². The molecular formula is C12H19FN4O. The summed E-state index contributed by atoms with van der Waals surface area (Å²) in [6.45, 7) is 5.04. The van der Waals surface area contributed by atoms with Gasteiger partial charge in [0, 0.05) is 25.6 Å². The van der Waals surface area contributed by atoms with Gasteiger partial charge in [-0.2, -0.15) is 4.98 Å². The van der Waals surface area contributed by atoms with Gasteiger partial charge in [0.2, 0.25) is 5.95 Å². The molecule has 1 saturated heterocycles. The Bertz CT molecular complexity index is 382. The van der Waals surface area contributed by atoms with Crippen molar-refractivity contribution in [1.29, 1.82) is 0 Å². The number of hydrogen-bond donors (Lipinski definition) is 2. The molecule has 1 aromatic heterocycles. The van der Waals surface area contributed by atoms with Gasteiger partial charge >= 0.3 is 0 Å². The Morgan fingerprint density at radius 2 is 2.39 bits per heavy atom. The number of rotatable bonds is 6. The van der Waals surface area contributed by atoms with Crippen LogP contribution >= 0.6 is 0 Å². The number of nitrogens with zero attached hydrogens (tertiary/aromatic N) is 2. The van der Waals surface area contributed by atoms with Gasteiger partial charge in [0.1, 0.15) is 0 Å².